The predicted molar refractivity (Wildman–Crippen MR) is 98.9 cm³/mol. The van der Waals surface area contributed by atoms with Crippen LogP contribution in [0.25, 0.3) is 0 Å². The molecule has 0 radical (unpaired) electrons. The minimum absolute atomic E-state index is 0.806. The Morgan fingerprint density at radius 1 is 1.05 bits per heavy atom. The summed E-state index contributed by atoms with van der Waals surface area (Å²) in [7, 11) is 0. The van der Waals surface area contributed by atoms with Gasteiger partial charge in [-0.3, -0.25) is 0 Å². The lowest BCUT2D eigenvalue weighted by molar-refractivity contribution is 1.02. The first-order valence-corrected chi connectivity index (χ1v) is 8.42. The summed E-state index contributed by atoms with van der Waals surface area (Å²) < 4.78 is 0. The van der Waals surface area contributed by atoms with Gasteiger partial charge in [-0.1, -0.05) is 50.2 Å². The number of hydrogen-bond acceptors (Lipinski definition) is 1. The molecule has 0 amide bonds. The number of para-hydroxylation sites is 2. The zero-order chi connectivity index (χ0) is 15.5. The van der Waals surface area contributed by atoms with Crippen LogP contribution < -0.4 is 10.2 Å². The molecule has 114 valence electrons. The first-order chi connectivity index (χ1) is 10.7. The topological polar surface area (TPSA) is 15.3 Å². The number of nitrogens with one attached hydrogen (secondary N) is 1. The Balaban J connectivity index is 1.87. The Morgan fingerprint density at radius 3 is 2.41 bits per heavy atom. The van der Waals surface area contributed by atoms with Crippen molar-refractivity contribution in [3.63, 3.8) is 0 Å². The molecule has 2 aromatic carbocycles. The van der Waals surface area contributed by atoms with Crippen LogP contribution in [0.1, 0.15) is 30.5 Å². The Labute approximate surface area is 138 Å². The van der Waals surface area contributed by atoms with Gasteiger partial charge in [0.2, 0.25) is 0 Å². The van der Waals surface area contributed by atoms with Gasteiger partial charge in [0.25, 0.3) is 0 Å². The highest BCUT2D eigenvalue weighted by atomic mass is 32.1. The Bertz CT molecular complexity index is 671. The molecular weight excluding hydrogens is 288 g/mol. The quantitative estimate of drug-likeness (QED) is 0.836. The first kappa shape index (κ1) is 15.0. The third-order valence-electron chi connectivity index (χ3n) is 4.36. The van der Waals surface area contributed by atoms with Gasteiger partial charge in [-0.05, 0) is 54.2 Å². The number of nitrogens with zero attached hydrogens (tertiary/aromatic N) is 1. The van der Waals surface area contributed by atoms with E-state index in [1.807, 2.05) is 0 Å². The second-order valence-electron chi connectivity index (χ2n) is 5.62. The van der Waals surface area contributed by atoms with Gasteiger partial charge >= 0.3 is 0 Å². The monoisotopic (exact) mass is 310 g/mol. The van der Waals surface area contributed by atoms with Crippen LogP contribution in [-0.2, 0) is 19.3 Å². The maximum Gasteiger partial charge on any atom is 0.177 e. The van der Waals surface area contributed by atoms with E-state index in [4.69, 9.17) is 12.2 Å². The summed E-state index contributed by atoms with van der Waals surface area (Å²) in [6.45, 7) is 5.34. The van der Waals surface area contributed by atoms with Gasteiger partial charge in [0, 0.05) is 17.9 Å². The Kier molecular flexibility index (Phi) is 4.44. The zero-order valence-corrected chi connectivity index (χ0v) is 14.0. The summed E-state index contributed by atoms with van der Waals surface area (Å²) in [5.41, 5.74) is 6.48. The highest BCUT2D eigenvalue weighted by Crippen LogP contribution is 2.29. The number of benzene rings is 2. The van der Waals surface area contributed by atoms with Crippen LogP contribution in [0.2, 0.25) is 0 Å². The van der Waals surface area contributed by atoms with E-state index in [0.29, 0.717) is 0 Å². The fourth-order valence-corrected chi connectivity index (χ4v) is 3.42. The molecule has 0 atom stereocenters. The summed E-state index contributed by atoms with van der Waals surface area (Å²) in [4.78, 5) is 2.22. The van der Waals surface area contributed by atoms with Crippen molar-refractivity contribution in [1.82, 2.24) is 0 Å². The predicted octanol–water partition coefficient (Wildman–Crippen LogP) is 4.57. The van der Waals surface area contributed by atoms with Gasteiger partial charge in [-0.2, -0.15) is 0 Å². The third-order valence-corrected chi connectivity index (χ3v) is 4.69. The number of thiocarbonyl (C=S) groups is 1. The van der Waals surface area contributed by atoms with Gasteiger partial charge in [0.05, 0.1) is 0 Å². The SMILES string of the molecule is CCc1cccc(CC)c1NC(=S)N1CCc2ccccc21. The lowest BCUT2D eigenvalue weighted by Gasteiger charge is -2.23. The Hall–Kier alpha value is -1.87. The van der Waals surface area contributed by atoms with Crippen molar-refractivity contribution in [2.75, 3.05) is 16.8 Å². The molecule has 3 heteroatoms. The first-order valence-electron chi connectivity index (χ1n) is 8.01. The second kappa shape index (κ2) is 6.49. The lowest BCUT2D eigenvalue weighted by atomic mass is 10.0. The number of hydrogen-bond donors (Lipinski definition) is 1. The molecule has 1 N–H and O–H groups in total. The standard InChI is InChI=1S/C19H22N2S/c1-3-14-9-7-10-15(4-2)18(14)20-19(22)21-13-12-16-8-5-6-11-17(16)21/h5-11H,3-4,12-13H2,1-2H3,(H,20,22). The van der Waals surface area contributed by atoms with Crippen LogP contribution in [0.5, 0.6) is 0 Å². The van der Waals surface area contributed by atoms with E-state index < -0.39 is 0 Å². The van der Waals surface area contributed by atoms with Crippen molar-refractivity contribution >= 4 is 28.7 Å². The largest absolute Gasteiger partial charge is 0.332 e. The molecule has 0 aromatic heterocycles. The minimum atomic E-state index is 0.806. The molecule has 0 spiro atoms. The van der Waals surface area contributed by atoms with Crippen LogP contribution in [-0.4, -0.2) is 11.7 Å². The van der Waals surface area contributed by atoms with Crippen LogP contribution >= 0.6 is 12.2 Å². The van der Waals surface area contributed by atoms with Crippen LogP contribution in [0.15, 0.2) is 42.5 Å². The van der Waals surface area contributed by atoms with Gasteiger partial charge in [-0.25, -0.2) is 0 Å². The summed E-state index contributed by atoms with van der Waals surface area (Å²) in [5.74, 6) is 0. The van der Waals surface area contributed by atoms with E-state index in [1.165, 1.54) is 28.1 Å². The lowest BCUT2D eigenvalue weighted by Crippen LogP contribution is -2.33. The van der Waals surface area contributed by atoms with Gasteiger partial charge in [-0.15, -0.1) is 0 Å². The molecule has 22 heavy (non-hydrogen) atoms. The van der Waals surface area contributed by atoms with Crippen molar-refractivity contribution in [3.05, 3.63) is 59.2 Å². The van der Waals surface area contributed by atoms with Crippen molar-refractivity contribution in [2.45, 2.75) is 33.1 Å². The molecule has 3 rings (SSSR count). The minimum Gasteiger partial charge on any atom is -0.332 e. The molecule has 0 bridgehead atoms. The van der Waals surface area contributed by atoms with Crippen molar-refractivity contribution in [2.24, 2.45) is 0 Å². The molecule has 1 aliphatic rings. The van der Waals surface area contributed by atoms with Crippen molar-refractivity contribution < 1.29 is 0 Å². The maximum atomic E-state index is 5.70. The fraction of sp³-hybridized carbons (Fsp3) is 0.316. The van der Waals surface area contributed by atoms with Gasteiger partial charge < -0.3 is 10.2 Å². The molecular formula is C19H22N2S. The van der Waals surface area contributed by atoms with Gasteiger partial charge in [0.1, 0.15) is 0 Å². The molecule has 1 aliphatic heterocycles. The average Bonchev–Trinajstić information content (AvgIpc) is 2.99. The number of anilines is 2. The van der Waals surface area contributed by atoms with Crippen LogP contribution in [0.3, 0.4) is 0 Å². The smallest absolute Gasteiger partial charge is 0.177 e. The van der Waals surface area contributed by atoms with E-state index in [2.05, 4.69) is 66.5 Å². The number of rotatable bonds is 3. The summed E-state index contributed by atoms with van der Waals surface area (Å²) in [5, 5.41) is 4.33. The highest BCUT2D eigenvalue weighted by molar-refractivity contribution is 7.80. The van der Waals surface area contributed by atoms with E-state index in [-0.39, 0.29) is 0 Å². The van der Waals surface area contributed by atoms with Crippen LogP contribution in [0, 0.1) is 0 Å². The number of fused-ring (bicyclic) bond motifs is 1. The molecule has 0 unspecified atom stereocenters. The zero-order valence-electron chi connectivity index (χ0n) is 13.2. The highest BCUT2D eigenvalue weighted by Gasteiger charge is 2.22. The fourth-order valence-electron chi connectivity index (χ4n) is 3.13. The normalized spacial score (nSPS) is 13.1. The molecule has 1 heterocycles. The van der Waals surface area contributed by atoms with E-state index in [1.54, 1.807) is 0 Å². The summed E-state index contributed by atoms with van der Waals surface area (Å²) >= 11 is 5.70. The molecule has 0 fully saturated rings. The second-order valence-corrected chi connectivity index (χ2v) is 6.01. The van der Waals surface area contributed by atoms with E-state index >= 15 is 0 Å². The molecule has 0 saturated carbocycles. The van der Waals surface area contributed by atoms with Crippen LogP contribution in [0.4, 0.5) is 11.4 Å². The van der Waals surface area contributed by atoms with E-state index in [9.17, 15) is 0 Å². The molecule has 0 aliphatic carbocycles. The van der Waals surface area contributed by atoms with Crippen molar-refractivity contribution in [3.8, 4) is 0 Å². The van der Waals surface area contributed by atoms with Crippen molar-refractivity contribution in [1.29, 1.82) is 0 Å². The number of aryl methyl sites for hydroxylation is 2. The molecule has 2 aromatic rings. The summed E-state index contributed by atoms with van der Waals surface area (Å²) in [6, 6.07) is 15.0. The molecule has 2 nitrogen and oxygen atoms in total. The molecule has 0 saturated heterocycles. The van der Waals surface area contributed by atoms with Gasteiger partial charge in [0.15, 0.2) is 5.11 Å². The third kappa shape index (κ3) is 2.73. The average molecular weight is 310 g/mol. The Morgan fingerprint density at radius 2 is 1.73 bits per heavy atom. The summed E-state index contributed by atoms with van der Waals surface area (Å²) in [6.07, 6.45) is 3.08. The maximum absolute atomic E-state index is 5.70. The van der Waals surface area contributed by atoms with E-state index in [0.717, 1.165) is 30.9 Å².